The molecule has 0 bridgehead atoms. The van der Waals surface area contributed by atoms with Crippen LogP contribution in [0.1, 0.15) is 23.9 Å². The zero-order valence-corrected chi connectivity index (χ0v) is 23.4. The van der Waals surface area contributed by atoms with Gasteiger partial charge in [-0.2, -0.15) is 0 Å². The first-order valence-electron chi connectivity index (χ1n) is 13.1. The molecule has 2 heterocycles. The van der Waals surface area contributed by atoms with Gasteiger partial charge in [-0.3, -0.25) is 9.69 Å². The Morgan fingerprint density at radius 2 is 1.74 bits per heavy atom. The molecule has 39 heavy (non-hydrogen) atoms. The molecule has 0 radical (unpaired) electrons. The van der Waals surface area contributed by atoms with Crippen LogP contribution in [-0.4, -0.2) is 78.9 Å². The molecular weight excluding hydrogens is 512 g/mol. The molecule has 2 aromatic carbocycles. The fourth-order valence-electron chi connectivity index (χ4n) is 4.87. The summed E-state index contributed by atoms with van der Waals surface area (Å²) < 4.78 is 25.6. The molecular formula is C29H36N6O3S. The van der Waals surface area contributed by atoms with E-state index in [1.165, 1.54) is 23.6 Å². The van der Waals surface area contributed by atoms with Crippen LogP contribution in [0.15, 0.2) is 60.0 Å². The summed E-state index contributed by atoms with van der Waals surface area (Å²) in [6.07, 6.45) is 5.03. The van der Waals surface area contributed by atoms with Crippen molar-refractivity contribution < 1.29 is 13.2 Å². The van der Waals surface area contributed by atoms with Crippen molar-refractivity contribution in [3.05, 3.63) is 72.1 Å². The topological polar surface area (TPSA) is 111 Å². The van der Waals surface area contributed by atoms with Crippen molar-refractivity contribution in [3.63, 3.8) is 0 Å². The number of aryl methyl sites for hydroxylation is 1. The average molecular weight is 549 g/mol. The summed E-state index contributed by atoms with van der Waals surface area (Å²) in [6, 6.07) is 15.0. The van der Waals surface area contributed by atoms with Crippen LogP contribution in [0.5, 0.6) is 0 Å². The van der Waals surface area contributed by atoms with Crippen molar-refractivity contribution in [2.24, 2.45) is 0 Å². The number of benzene rings is 2. The second-order valence-electron chi connectivity index (χ2n) is 9.62. The minimum Gasteiger partial charge on any atom is -0.361 e. The van der Waals surface area contributed by atoms with E-state index in [4.69, 9.17) is 5.41 Å². The van der Waals surface area contributed by atoms with Crippen LogP contribution in [0.4, 0.5) is 5.82 Å². The number of rotatable bonds is 11. The molecule has 0 aliphatic carbocycles. The molecule has 1 saturated heterocycles. The third-order valence-electron chi connectivity index (χ3n) is 7.03. The monoisotopic (exact) mass is 548 g/mol. The molecule has 0 spiro atoms. The predicted octanol–water partition coefficient (Wildman–Crippen LogP) is 3.56. The molecule has 1 aliphatic rings. The molecule has 1 fully saturated rings. The highest BCUT2D eigenvalue weighted by molar-refractivity contribution is 7.90. The summed E-state index contributed by atoms with van der Waals surface area (Å²) in [5.74, 6) is 1.13. The molecule has 1 aliphatic heterocycles. The Kier molecular flexibility index (Phi) is 8.98. The average Bonchev–Trinajstić information content (AvgIpc) is 3.29. The second kappa shape index (κ2) is 12.4. The van der Waals surface area contributed by atoms with Gasteiger partial charge in [0.1, 0.15) is 17.3 Å². The van der Waals surface area contributed by atoms with Crippen LogP contribution in [0.3, 0.4) is 0 Å². The van der Waals surface area contributed by atoms with Crippen LogP contribution in [0.2, 0.25) is 0 Å². The van der Waals surface area contributed by atoms with Gasteiger partial charge in [-0.15, -0.1) is 0 Å². The number of aromatic nitrogens is 2. The lowest BCUT2D eigenvalue weighted by molar-refractivity contribution is -0.131. The highest BCUT2D eigenvalue weighted by Gasteiger charge is 2.23. The maximum Gasteiger partial charge on any atom is 0.242 e. The fourth-order valence-corrected chi connectivity index (χ4v) is 5.50. The Labute approximate surface area is 230 Å². The Hall–Kier alpha value is -3.76. The number of sulfone groups is 1. The Bertz CT molecular complexity index is 1440. The van der Waals surface area contributed by atoms with Crippen molar-refractivity contribution in [1.29, 1.82) is 5.41 Å². The number of anilines is 1. The van der Waals surface area contributed by atoms with E-state index in [2.05, 4.69) is 53.0 Å². The van der Waals surface area contributed by atoms with Gasteiger partial charge < -0.3 is 20.2 Å². The minimum atomic E-state index is -3.33. The maximum atomic E-state index is 13.2. The molecule has 0 atom stereocenters. The highest BCUT2D eigenvalue weighted by atomic mass is 32.2. The number of hydrogen-bond donors (Lipinski definition) is 2. The van der Waals surface area contributed by atoms with E-state index in [1.807, 2.05) is 4.90 Å². The Morgan fingerprint density at radius 1 is 1.08 bits per heavy atom. The Balaban J connectivity index is 1.45. The van der Waals surface area contributed by atoms with E-state index in [0.717, 1.165) is 26.1 Å². The largest absolute Gasteiger partial charge is 0.361 e. The van der Waals surface area contributed by atoms with Crippen LogP contribution in [0.25, 0.3) is 17.3 Å². The van der Waals surface area contributed by atoms with Gasteiger partial charge in [0, 0.05) is 50.8 Å². The van der Waals surface area contributed by atoms with Crippen LogP contribution in [0, 0.1) is 5.41 Å². The van der Waals surface area contributed by atoms with Gasteiger partial charge >= 0.3 is 0 Å². The van der Waals surface area contributed by atoms with Gasteiger partial charge in [-0.05, 0) is 35.8 Å². The van der Waals surface area contributed by atoms with Crippen LogP contribution >= 0.6 is 0 Å². The van der Waals surface area contributed by atoms with E-state index in [1.54, 1.807) is 34.9 Å². The molecule has 2 N–H and O–H groups in total. The summed E-state index contributed by atoms with van der Waals surface area (Å²) >= 11 is 0. The van der Waals surface area contributed by atoms with Crippen molar-refractivity contribution >= 4 is 33.9 Å². The summed E-state index contributed by atoms with van der Waals surface area (Å²) in [5.41, 5.74) is 3.97. The van der Waals surface area contributed by atoms with Crippen molar-refractivity contribution in [2.45, 2.75) is 31.3 Å². The quantitative estimate of drug-likeness (QED) is 0.355. The number of hydrogen-bond acceptors (Lipinski definition) is 7. The summed E-state index contributed by atoms with van der Waals surface area (Å²) in [7, 11) is -3.33. The normalized spacial score (nSPS) is 14.3. The van der Waals surface area contributed by atoms with E-state index in [9.17, 15) is 13.2 Å². The maximum absolute atomic E-state index is 13.2. The van der Waals surface area contributed by atoms with E-state index in [0.29, 0.717) is 36.0 Å². The molecule has 4 rings (SSSR count). The van der Waals surface area contributed by atoms with Crippen LogP contribution < -0.4 is 5.32 Å². The van der Waals surface area contributed by atoms with E-state index >= 15 is 0 Å². The number of carbonyl (C=O) groups excluding carboxylic acids is 1. The summed E-state index contributed by atoms with van der Waals surface area (Å²) in [6.45, 7) is 10.2. The van der Waals surface area contributed by atoms with E-state index < -0.39 is 9.84 Å². The van der Waals surface area contributed by atoms with Gasteiger partial charge in [0.2, 0.25) is 5.91 Å². The fraction of sp³-hybridized carbons (Fsp3) is 0.345. The van der Waals surface area contributed by atoms with Crippen molar-refractivity contribution in [2.75, 3.05) is 44.3 Å². The van der Waals surface area contributed by atoms with Gasteiger partial charge in [-0.1, -0.05) is 49.9 Å². The zero-order valence-electron chi connectivity index (χ0n) is 22.6. The lowest BCUT2D eigenvalue weighted by Crippen LogP contribution is -2.49. The third kappa shape index (κ3) is 6.63. The van der Waals surface area contributed by atoms with Gasteiger partial charge in [-0.25, -0.2) is 13.4 Å². The molecule has 206 valence electrons. The first-order valence-corrected chi connectivity index (χ1v) is 15.0. The molecule has 1 amide bonds. The zero-order chi connectivity index (χ0) is 28.0. The number of carbonyl (C=O) groups is 1. The summed E-state index contributed by atoms with van der Waals surface area (Å²) in [4.78, 5) is 22.3. The van der Waals surface area contributed by atoms with Gasteiger partial charge in [0.05, 0.1) is 18.0 Å². The molecule has 3 aromatic rings. The number of nitrogens with zero attached hydrogens (tertiary/aromatic N) is 4. The lowest BCUT2D eigenvalue weighted by Gasteiger charge is -2.35. The molecule has 10 heteroatoms. The van der Waals surface area contributed by atoms with Crippen LogP contribution in [-0.2, 0) is 34.1 Å². The van der Waals surface area contributed by atoms with Gasteiger partial charge in [0.25, 0.3) is 0 Å². The smallest absolute Gasteiger partial charge is 0.242 e. The first-order chi connectivity index (χ1) is 18.7. The van der Waals surface area contributed by atoms with Crippen molar-refractivity contribution in [3.8, 4) is 11.3 Å². The van der Waals surface area contributed by atoms with Crippen molar-refractivity contribution in [1.82, 2.24) is 19.4 Å². The number of imidazole rings is 1. The first kappa shape index (κ1) is 28.3. The molecule has 9 nitrogen and oxygen atoms in total. The van der Waals surface area contributed by atoms with Gasteiger partial charge in [0.15, 0.2) is 9.84 Å². The summed E-state index contributed by atoms with van der Waals surface area (Å²) in [5, 5.41) is 10.9. The Morgan fingerprint density at radius 3 is 2.33 bits per heavy atom. The number of amides is 1. The number of piperazine rings is 1. The minimum absolute atomic E-state index is 0.00950. The molecule has 0 unspecified atom stereocenters. The number of nitrogens with one attached hydrogen (secondary N) is 2. The highest BCUT2D eigenvalue weighted by Crippen LogP contribution is 2.30. The third-order valence-corrected chi connectivity index (χ3v) is 8.16. The van der Waals surface area contributed by atoms with E-state index in [-0.39, 0.29) is 23.9 Å². The molecule has 1 aromatic heterocycles. The second-order valence-corrected chi connectivity index (χ2v) is 11.6. The predicted molar refractivity (Wildman–Crippen MR) is 156 cm³/mol. The molecule has 0 saturated carbocycles. The lowest BCUT2D eigenvalue weighted by atomic mass is 10.0. The standard InChI is InChI=1S/C29H36N6O3S/c1-4-22-8-6-7-9-24(22)21-33-16-18-34(19-17-33)27(36)20-31-29-28(32-26(5-2)35(29)15-14-30)23-10-12-25(13-11-23)39(3,37)38/h5-14,30-31H,2,4,15-21H2,1,3H3. The SMILES string of the molecule is C=Cc1nc(-c2ccc(S(C)(=O)=O)cc2)c(NCC(=O)N2CCN(Cc3ccccc3CC)CC2)n1CC=N.